The zero-order valence-corrected chi connectivity index (χ0v) is 13.0. The highest BCUT2D eigenvalue weighted by molar-refractivity contribution is 6.05. The van der Waals surface area contributed by atoms with Gasteiger partial charge in [-0.1, -0.05) is 24.3 Å². The number of nitrogens with one attached hydrogen (secondary N) is 2. The van der Waals surface area contributed by atoms with Gasteiger partial charge >= 0.3 is 0 Å². The summed E-state index contributed by atoms with van der Waals surface area (Å²) in [5.41, 5.74) is 5.12. The molecule has 1 amide bonds. The van der Waals surface area contributed by atoms with Crippen molar-refractivity contribution < 1.29 is 9.53 Å². The molecule has 118 valence electrons. The van der Waals surface area contributed by atoms with Gasteiger partial charge < -0.3 is 15.4 Å². The first kappa shape index (κ1) is 14.4. The van der Waals surface area contributed by atoms with E-state index in [1.54, 1.807) is 0 Å². The molecule has 1 atom stereocenters. The van der Waals surface area contributed by atoms with E-state index in [9.17, 15) is 4.79 Å². The van der Waals surface area contributed by atoms with E-state index >= 15 is 0 Å². The van der Waals surface area contributed by atoms with E-state index in [0.29, 0.717) is 19.1 Å². The summed E-state index contributed by atoms with van der Waals surface area (Å²) in [5, 5.41) is 6.41. The van der Waals surface area contributed by atoms with Crippen molar-refractivity contribution in [2.24, 2.45) is 0 Å². The van der Waals surface area contributed by atoms with Crippen LogP contribution in [0.3, 0.4) is 0 Å². The molecule has 2 N–H and O–H groups in total. The predicted octanol–water partition coefficient (Wildman–Crippen LogP) is 3.05. The monoisotopic (exact) mass is 308 g/mol. The minimum atomic E-state index is -0.0358. The first-order valence-electron chi connectivity index (χ1n) is 8.12. The van der Waals surface area contributed by atoms with Crippen LogP contribution in [0.4, 0.5) is 5.69 Å². The van der Waals surface area contributed by atoms with Crippen LogP contribution in [0, 0.1) is 0 Å². The molecular weight excluding hydrogens is 288 g/mol. The normalized spacial score (nSPS) is 19.6. The Kier molecular flexibility index (Phi) is 3.85. The third-order valence-corrected chi connectivity index (χ3v) is 4.68. The molecule has 2 aliphatic rings. The zero-order valence-electron chi connectivity index (χ0n) is 13.0. The Balaban J connectivity index is 1.57. The Morgan fingerprint density at radius 1 is 1.13 bits per heavy atom. The van der Waals surface area contributed by atoms with Crippen molar-refractivity contribution in [1.82, 2.24) is 5.32 Å². The van der Waals surface area contributed by atoms with Gasteiger partial charge in [-0.3, -0.25) is 4.79 Å². The standard InChI is InChI=1S/C19H20N2O2/c22-19(21-16-6-5-14-11-23-12-15(14)9-16)18-4-2-1-3-17(18)13-7-8-20-10-13/h1-6,9,13,20H,7-8,10-12H2,(H,21,22)/t13-/m0/s1. The molecule has 4 nitrogen and oxygen atoms in total. The second-order valence-corrected chi connectivity index (χ2v) is 6.21. The molecule has 0 bridgehead atoms. The first-order valence-corrected chi connectivity index (χ1v) is 8.12. The quantitative estimate of drug-likeness (QED) is 0.916. The van der Waals surface area contributed by atoms with E-state index < -0.39 is 0 Å². The smallest absolute Gasteiger partial charge is 0.255 e. The van der Waals surface area contributed by atoms with Crippen LogP contribution >= 0.6 is 0 Å². The number of fused-ring (bicyclic) bond motifs is 1. The Bertz CT molecular complexity index is 736. The van der Waals surface area contributed by atoms with Crippen molar-refractivity contribution in [2.45, 2.75) is 25.6 Å². The average Bonchev–Trinajstić information content (AvgIpc) is 3.26. The summed E-state index contributed by atoms with van der Waals surface area (Å²) in [6.07, 6.45) is 1.08. The summed E-state index contributed by atoms with van der Waals surface area (Å²) < 4.78 is 5.43. The molecule has 2 heterocycles. The van der Waals surface area contributed by atoms with E-state index in [0.717, 1.165) is 41.9 Å². The van der Waals surface area contributed by atoms with Gasteiger partial charge in [0, 0.05) is 17.8 Å². The lowest BCUT2D eigenvalue weighted by atomic mass is 9.93. The van der Waals surface area contributed by atoms with E-state index in [2.05, 4.69) is 16.7 Å². The molecule has 4 rings (SSSR count). The van der Waals surface area contributed by atoms with Crippen LogP contribution in [0.25, 0.3) is 0 Å². The number of hydrogen-bond donors (Lipinski definition) is 2. The van der Waals surface area contributed by atoms with E-state index in [1.807, 2.05) is 36.4 Å². The van der Waals surface area contributed by atoms with Gasteiger partial charge in [0.2, 0.25) is 0 Å². The molecule has 0 saturated carbocycles. The highest BCUT2D eigenvalue weighted by Gasteiger charge is 2.22. The summed E-state index contributed by atoms with van der Waals surface area (Å²) >= 11 is 0. The molecule has 0 unspecified atom stereocenters. The lowest BCUT2D eigenvalue weighted by Gasteiger charge is -2.15. The van der Waals surface area contributed by atoms with Crippen LogP contribution in [0.5, 0.6) is 0 Å². The molecule has 0 aliphatic carbocycles. The van der Waals surface area contributed by atoms with E-state index in [4.69, 9.17) is 4.74 Å². The minimum Gasteiger partial charge on any atom is -0.372 e. The molecule has 2 aromatic rings. The second-order valence-electron chi connectivity index (χ2n) is 6.21. The fraction of sp³-hybridized carbons (Fsp3) is 0.316. The van der Waals surface area contributed by atoms with Gasteiger partial charge in [0.25, 0.3) is 5.91 Å². The topological polar surface area (TPSA) is 50.4 Å². The molecular formula is C19H20N2O2. The third kappa shape index (κ3) is 2.87. The number of ether oxygens (including phenoxy) is 1. The average molecular weight is 308 g/mol. The second kappa shape index (κ2) is 6.14. The fourth-order valence-electron chi connectivity index (χ4n) is 3.43. The maximum atomic E-state index is 12.7. The van der Waals surface area contributed by atoms with Crippen molar-refractivity contribution in [1.29, 1.82) is 0 Å². The summed E-state index contributed by atoms with van der Waals surface area (Å²) in [6.45, 7) is 3.26. The van der Waals surface area contributed by atoms with Crippen LogP contribution in [0.15, 0.2) is 42.5 Å². The molecule has 1 saturated heterocycles. The van der Waals surface area contributed by atoms with Crippen LogP contribution in [-0.4, -0.2) is 19.0 Å². The molecule has 1 fully saturated rings. The maximum Gasteiger partial charge on any atom is 0.255 e. The number of hydrogen-bond acceptors (Lipinski definition) is 3. The molecule has 2 aliphatic heterocycles. The van der Waals surface area contributed by atoms with Crippen molar-refractivity contribution in [3.8, 4) is 0 Å². The summed E-state index contributed by atoms with van der Waals surface area (Å²) in [6, 6.07) is 13.9. The molecule has 0 radical (unpaired) electrons. The zero-order chi connectivity index (χ0) is 15.6. The van der Waals surface area contributed by atoms with Gasteiger partial charge in [0.1, 0.15) is 0 Å². The number of carbonyl (C=O) groups excluding carboxylic acids is 1. The largest absolute Gasteiger partial charge is 0.372 e. The van der Waals surface area contributed by atoms with E-state index in [-0.39, 0.29) is 5.91 Å². The van der Waals surface area contributed by atoms with Crippen LogP contribution in [-0.2, 0) is 18.0 Å². The number of amides is 1. The maximum absolute atomic E-state index is 12.7. The van der Waals surface area contributed by atoms with Gasteiger partial charge in [-0.15, -0.1) is 0 Å². The minimum absolute atomic E-state index is 0.0358. The molecule has 4 heteroatoms. The van der Waals surface area contributed by atoms with Crippen molar-refractivity contribution >= 4 is 11.6 Å². The van der Waals surface area contributed by atoms with Gasteiger partial charge in [-0.25, -0.2) is 0 Å². The van der Waals surface area contributed by atoms with Crippen LogP contribution in [0.2, 0.25) is 0 Å². The predicted molar refractivity (Wildman–Crippen MR) is 89.6 cm³/mol. The SMILES string of the molecule is O=C(Nc1ccc2c(c1)COC2)c1ccccc1[C@H]1CCNC1. The molecule has 0 spiro atoms. The summed E-state index contributed by atoms with van der Waals surface area (Å²) in [4.78, 5) is 12.7. The summed E-state index contributed by atoms with van der Waals surface area (Å²) in [7, 11) is 0. The van der Waals surface area contributed by atoms with Gasteiger partial charge in [-0.2, -0.15) is 0 Å². The highest BCUT2D eigenvalue weighted by Crippen LogP contribution is 2.27. The number of rotatable bonds is 3. The molecule has 0 aromatic heterocycles. The third-order valence-electron chi connectivity index (χ3n) is 4.68. The van der Waals surface area contributed by atoms with Gasteiger partial charge in [-0.05, 0) is 53.8 Å². The highest BCUT2D eigenvalue weighted by atomic mass is 16.5. The Morgan fingerprint density at radius 2 is 2.00 bits per heavy atom. The van der Waals surface area contributed by atoms with Gasteiger partial charge in [0.05, 0.1) is 13.2 Å². The Labute approximate surface area is 135 Å². The lowest BCUT2D eigenvalue weighted by Crippen LogP contribution is -2.17. The molecule has 23 heavy (non-hydrogen) atoms. The Hall–Kier alpha value is -2.17. The van der Waals surface area contributed by atoms with E-state index in [1.165, 1.54) is 5.56 Å². The number of anilines is 1. The number of carbonyl (C=O) groups is 1. The van der Waals surface area contributed by atoms with Crippen molar-refractivity contribution in [2.75, 3.05) is 18.4 Å². The van der Waals surface area contributed by atoms with Crippen LogP contribution in [0.1, 0.15) is 39.4 Å². The molecule has 2 aromatic carbocycles. The first-order chi connectivity index (χ1) is 11.3. The lowest BCUT2D eigenvalue weighted by molar-refractivity contribution is 0.102. The summed E-state index contributed by atoms with van der Waals surface area (Å²) in [5.74, 6) is 0.386. The van der Waals surface area contributed by atoms with Crippen LogP contribution < -0.4 is 10.6 Å². The fourth-order valence-corrected chi connectivity index (χ4v) is 3.43. The van der Waals surface area contributed by atoms with Crippen molar-refractivity contribution in [3.05, 3.63) is 64.7 Å². The van der Waals surface area contributed by atoms with Gasteiger partial charge in [0.15, 0.2) is 0 Å². The number of benzene rings is 2. The Morgan fingerprint density at radius 3 is 2.87 bits per heavy atom. The van der Waals surface area contributed by atoms with Crippen molar-refractivity contribution in [3.63, 3.8) is 0 Å².